The molecule has 1 saturated heterocycles. The molecule has 1 fully saturated rings. The van der Waals surface area contributed by atoms with E-state index in [9.17, 15) is 0 Å². The molecule has 1 aliphatic rings. The highest BCUT2D eigenvalue weighted by atomic mass is 79.9. The molecule has 1 N–H and O–H groups in total. The van der Waals surface area contributed by atoms with Crippen molar-refractivity contribution < 1.29 is 0 Å². The van der Waals surface area contributed by atoms with Crippen molar-refractivity contribution in [3.05, 3.63) is 69.2 Å². The Morgan fingerprint density at radius 3 is 2.42 bits per heavy atom. The number of benzene rings is 2. The summed E-state index contributed by atoms with van der Waals surface area (Å²) in [5, 5.41) is 4.24. The minimum atomic E-state index is 0.193. The van der Waals surface area contributed by atoms with E-state index in [1.54, 1.807) is 0 Å². The highest BCUT2D eigenvalue weighted by Crippen LogP contribution is 2.35. The summed E-state index contributed by atoms with van der Waals surface area (Å²) < 4.78 is 1.03. The summed E-state index contributed by atoms with van der Waals surface area (Å²) in [5.74, 6) is 0. The van der Waals surface area contributed by atoms with Crippen molar-refractivity contribution in [1.29, 1.82) is 0 Å². The molecule has 0 spiro atoms. The van der Waals surface area contributed by atoms with Gasteiger partial charge in [0.1, 0.15) is 0 Å². The molecule has 0 radical (unpaired) electrons. The Morgan fingerprint density at radius 2 is 1.84 bits per heavy atom. The Labute approximate surface area is 127 Å². The van der Waals surface area contributed by atoms with E-state index in [1.165, 1.54) is 11.1 Å². The first-order valence-corrected chi connectivity index (χ1v) is 7.57. The molecule has 0 aliphatic carbocycles. The predicted octanol–water partition coefficient (Wildman–Crippen LogP) is 4.19. The second kappa shape index (κ2) is 5.28. The molecule has 1 heterocycles. The standard InChI is InChI=1S/C16H15BrClN/c17-14-7-6-12(15(18)8-14)9-16(10-19-11-16)13-4-2-1-3-5-13/h1-8,19H,9-11H2. The van der Waals surface area contributed by atoms with Gasteiger partial charge >= 0.3 is 0 Å². The molecule has 1 nitrogen and oxygen atoms in total. The molecular formula is C16H15BrClN. The van der Waals surface area contributed by atoms with Crippen molar-refractivity contribution in [2.45, 2.75) is 11.8 Å². The third kappa shape index (κ3) is 2.58. The molecule has 0 atom stereocenters. The van der Waals surface area contributed by atoms with E-state index < -0.39 is 0 Å². The van der Waals surface area contributed by atoms with E-state index in [4.69, 9.17) is 11.6 Å². The maximum Gasteiger partial charge on any atom is 0.0449 e. The maximum atomic E-state index is 6.35. The van der Waals surface area contributed by atoms with Gasteiger partial charge < -0.3 is 5.32 Å². The van der Waals surface area contributed by atoms with E-state index in [2.05, 4.69) is 63.7 Å². The molecule has 0 aromatic heterocycles. The van der Waals surface area contributed by atoms with Crippen molar-refractivity contribution in [2.24, 2.45) is 0 Å². The minimum absolute atomic E-state index is 0.193. The van der Waals surface area contributed by atoms with Crippen molar-refractivity contribution in [3.8, 4) is 0 Å². The lowest BCUT2D eigenvalue weighted by Gasteiger charge is -2.43. The number of hydrogen-bond acceptors (Lipinski definition) is 1. The van der Waals surface area contributed by atoms with Crippen LogP contribution >= 0.6 is 27.5 Å². The van der Waals surface area contributed by atoms with Crippen molar-refractivity contribution in [3.63, 3.8) is 0 Å². The van der Waals surface area contributed by atoms with E-state index in [1.807, 2.05) is 6.07 Å². The van der Waals surface area contributed by atoms with E-state index in [-0.39, 0.29) is 5.41 Å². The Hall–Kier alpha value is -0.830. The van der Waals surface area contributed by atoms with Crippen LogP contribution in [0.2, 0.25) is 5.02 Å². The molecule has 98 valence electrons. The second-order valence-corrected chi connectivity index (χ2v) is 6.49. The highest BCUT2D eigenvalue weighted by molar-refractivity contribution is 9.10. The molecule has 2 aromatic carbocycles. The van der Waals surface area contributed by atoms with E-state index in [0.717, 1.165) is 29.0 Å². The monoisotopic (exact) mass is 335 g/mol. The van der Waals surface area contributed by atoms with Gasteiger partial charge in [0, 0.05) is 28.0 Å². The predicted molar refractivity (Wildman–Crippen MR) is 83.8 cm³/mol. The lowest BCUT2D eigenvalue weighted by atomic mass is 9.71. The smallest absolute Gasteiger partial charge is 0.0449 e. The first kappa shape index (κ1) is 13.2. The third-order valence-corrected chi connectivity index (χ3v) is 4.70. The molecule has 2 aromatic rings. The fourth-order valence-corrected chi connectivity index (χ4v) is 3.42. The largest absolute Gasteiger partial charge is 0.315 e. The first-order valence-electron chi connectivity index (χ1n) is 6.40. The fourth-order valence-electron chi connectivity index (χ4n) is 2.68. The molecule has 1 aliphatic heterocycles. The summed E-state index contributed by atoms with van der Waals surface area (Å²) in [6, 6.07) is 16.9. The summed E-state index contributed by atoms with van der Waals surface area (Å²) in [7, 11) is 0. The van der Waals surface area contributed by atoms with Crippen molar-refractivity contribution in [2.75, 3.05) is 13.1 Å². The van der Waals surface area contributed by atoms with Crippen molar-refractivity contribution in [1.82, 2.24) is 5.32 Å². The van der Waals surface area contributed by atoms with Crippen LogP contribution in [-0.2, 0) is 11.8 Å². The molecule has 0 saturated carbocycles. The number of halogens is 2. The van der Waals surface area contributed by atoms with Crippen LogP contribution in [0, 0.1) is 0 Å². The first-order chi connectivity index (χ1) is 9.20. The summed E-state index contributed by atoms with van der Waals surface area (Å²) in [6.07, 6.45) is 0.982. The van der Waals surface area contributed by atoms with Crippen LogP contribution in [0.3, 0.4) is 0 Å². The number of rotatable bonds is 3. The molecule has 19 heavy (non-hydrogen) atoms. The topological polar surface area (TPSA) is 12.0 Å². The van der Waals surface area contributed by atoms with Gasteiger partial charge in [0.2, 0.25) is 0 Å². The van der Waals surface area contributed by atoms with Gasteiger partial charge in [-0.05, 0) is 29.7 Å². The SMILES string of the molecule is Clc1cc(Br)ccc1CC1(c2ccccc2)CNC1. The Morgan fingerprint density at radius 1 is 1.11 bits per heavy atom. The average Bonchev–Trinajstić information content (AvgIpc) is 2.37. The Balaban J connectivity index is 1.92. The van der Waals surface area contributed by atoms with Gasteiger partial charge in [0.15, 0.2) is 0 Å². The summed E-state index contributed by atoms with van der Waals surface area (Å²) >= 11 is 9.81. The lowest BCUT2D eigenvalue weighted by molar-refractivity contribution is 0.275. The normalized spacial score (nSPS) is 16.9. The van der Waals surface area contributed by atoms with Gasteiger partial charge in [-0.3, -0.25) is 0 Å². The third-order valence-electron chi connectivity index (χ3n) is 3.86. The van der Waals surface area contributed by atoms with Gasteiger partial charge in [0.05, 0.1) is 0 Å². The Bertz CT molecular complexity index is 579. The minimum Gasteiger partial charge on any atom is -0.315 e. The average molecular weight is 337 g/mol. The highest BCUT2D eigenvalue weighted by Gasteiger charge is 2.38. The molecular weight excluding hydrogens is 322 g/mol. The van der Waals surface area contributed by atoms with Gasteiger partial charge in [-0.15, -0.1) is 0 Å². The molecule has 3 rings (SSSR count). The van der Waals surface area contributed by atoms with Gasteiger partial charge in [-0.2, -0.15) is 0 Å². The van der Waals surface area contributed by atoms with Gasteiger partial charge in [-0.1, -0.05) is 63.9 Å². The van der Waals surface area contributed by atoms with Crippen LogP contribution in [0.25, 0.3) is 0 Å². The van der Waals surface area contributed by atoms with Crippen LogP contribution in [0.4, 0.5) is 0 Å². The zero-order chi connectivity index (χ0) is 13.3. The van der Waals surface area contributed by atoms with Crippen LogP contribution in [-0.4, -0.2) is 13.1 Å². The molecule has 0 unspecified atom stereocenters. The summed E-state index contributed by atoms with van der Waals surface area (Å²) in [5.41, 5.74) is 2.81. The summed E-state index contributed by atoms with van der Waals surface area (Å²) in [4.78, 5) is 0. The van der Waals surface area contributed by atoms with E-state index in [0.29, 0.717) is 0 Å². The van der Waals surface area contributed by atoms with Gasteiger partial charge in [0.25, 0.3) is 0 Å². The summed E-state index contributed by atoms with van der Waals surface area (Å²) in [6.45, 7) is 2.03. The van der Waals surface area contributed by atoms with Gasteiger partial charge in [-0.25, -0.2) is 0 Å². The quantitative estimate of drug-likeness (QED) is 0.886. The molecule has 0 bridgehead atoms. The fraction of sp³-hybridized carbons (Fsp3) is 0.250. The zero-order valence-electron chi connectivity index (χ0n) is 10.5. The number of hydrogen-bond donors (Lipinski definition) is 1. The van der Waals surface area contributed by atoms with Crippen molar-refractivity contribution >= 4 is 27.5 Å². The number of nitrogens with one attached hydrogen (secondary N) is 1. The zero-order valence-corrected chi connectivity index (χ0v) is 12.8. The van der Waals surface area contributed by atoms with Crippen LogP contribution in [0.15, 0.2) is 53.0 Å². The van der Waals surface area contributed by atoms with Crippen LogP contribution in [0.1, 0.15) is 11.1 Å². The molecule has 3 heteroatoms. The van der Waals surface area contributed by atoms with E-state index >= 15 is 0 Å². The molecule has 0 amide bonds. The van der Waals surface area contributed by atoms with Crippen LogP contribution in [0.5, 0.6) is 0 Å². The second-order valence-electron chi connectivity index (χ2n) is 5.16. The van der Waals surface area contributed by atoms with Crippen LogP contribution < -0.4 is 5.32 Å². The lowest BCUT2D eigenvalue weighted by Crippen LogP contribution is -2.58. The Kier molecular flexibility index (Phi) is 3.66. The maximum absolute atomic E-state index is 6.35.